The quantitative estimate of drug-likeness (QED) is 0.760. The molecule has 3 rings (SSSR count). The molecular weight excluding hydrogens is 346 g/mol. The normalized spacial score (nSPS) is 19.0. The molecule has 136 valence electrons. The van der Waals surface area contributed by atoms with Crippen molar-refractivity contribution in [2.24, 2.45) is 0 Å². The van der Waals surface area contributed by atoms with E-state index in [9.17, 15) is 8.42 Å². The molecule has 1 aliphatic rings. The summed E-state index contributed by atoms with van der Waals surface area (Å²) in [5.74, 6) is 1.51. The summed E-state index contributed by atoms with van der Waals surface area (Å²) in [6, 6.07) is 7.78. The van der Waals surface area contributed by atoms with E-state index in [-0.39, 0.29) is 6.54 Å². The Morgan fingerprint density at radius 3 is 2.96 bits per heavy atom. The number of benzene rings is 1. The van der Waals surface area contributed by atoms with Gasteiger partial charge in [-0.3, -0.25) is 0 Å². The molecule has 9 heteroatoms. The van der Waals surface area contributed by atoms with E-state index in [4.69, 9.17) is 13.9 Å². The van der Waals surface area contributed by atoms with Gasteiger partial charge in [0.1, 0.15) is 11.9 Å². The molecule has 2 heterocycles. The third kappa shape index (κ3) is 4.77. The van der Waals surface area contributed by atoms with Crippen LogP contribution in [0.2, 0.25) is 0 Å². The Hall–Kier alpha value is -1.97. The first-order chi connectivity index (χ1) is 11.9. The van der Waals surface area contributed by atoms with E-state index < -0.39 is 16.1 Å². The maximum atomic E-state index is 11.7. The molecule has 0 spiro atoms. The summed E-state index contributed by atoms with van der Waals surface area (Å²) in [5.41, 5.74) is 1.13. The smallest absolute Gasteiger partial charge is 0.246 e. The van der Waals surface area contributed by atoms with Gasteiger partial charge in [0.05, 0.1) is 25.9 Å². The number of morpholine rings is 1. The van der Waals surface area contributed by atoms with E-state index in [0.29, 0.717) is 38.0 Å². The van der Waals surface area contributed by atoms with Crippen LogP contribution in [0.15, 0.2) is 28.7 Å². The van der Waals surface area contributed by atoms with Crippen LogP contribution in [0.1, 0.15) is 23.4 Å². The molecule has 1 fully saturated rings. The lowest BCUT2D eigenvalue weighted by atomic mass is 10.2. The lowest BCUT2D eigenvalue weighted by molar-refractivity contribution is -0.0176. The highest BCUT2D eigenvalue weighted by Gasteiger charge is 2.30. The zero-order valence-corrected chi connectivity index (χ0v) is 15.0. The highest BCUT2D eigenvalue weighted by Crippen LogP contribution is 2.22. The van der Waals surface area contributed by atoms with Crippen LogP contribution in [0.3, 0.4) is 0 Å². The molecule has 1 atom stereocenters. The number of sulfonamides is 1. The van der Waals surface area contributed by atoms with Gasteiger partial charge < -0.3 is 13.9 Å². The topological polar surface area (TPSA) is 94.8 Å². The van der Waals surface area contributed by atoms with Crippen LogP contribution in [-0.2, 0) is 21.2 Å². The summed E-state index contributed by atoms with van der Waals surface area (Å²) in [5, 5.41) is 7.96. The van der Waals surface area contributed by atoms with E-state index in [1.165, 1.54) is 10.6 Å². The van der Waals surface area contributed by atoms with Crippen LogP contribution in [0.4, 0.5) is 0 Å². The van der Waals surface area contributed by atoms with Crippen LogP contribution in [0.5, 0.6) is 5.75 Å². The molecule has 8 nitrogen and oxygen atoms in total. The van der Waals surface area contributed by atoms with E-state index in [1.54, 1.807) is 0 Å². The maximum absolute atomic E-state index is 11.7. The molecule has 25 heavy (non-hydrogen) atoms. The number of nitrogens with zero attached hydrogens (tertiary/aromatic N) is 3. The Kier molecular flexibility index (Phi) is 5.36. The first-order valence-corrected chi connectivity index (χ1v) is 9.85. The molecule has 0 radical (unpaired) electrons. The Balaban J connectivity index is 1.55. The molecule has 0 bridgehead atoms. The molecular formula is C16H21N3O5S. The lowest BCUT2D eigenvalue weighted by Crippen LogP contribution is -2.41. The highest BCUT2D eigenvalue weighted by atomic mass is 32.2. The standard InChI is InChI=1S/C16H21N3O5S/c1-12-4-3-5-13(10-12)22-8-6-15-17-18-16(24-15)14-11-19(7-9-23-14)25(2,20)21/h3-5,10,14H,6-9,11H2,1-2H3/t14-/m1/s1. The molecule has 2 aromatic rings. The van der Waals surface area contributed by atoms with Gasteiger partial charge in [0, 0.05) is 13.1 Å². The summed E-state index contributed by atoms with van der Waals surface area (Å²) >= 11 is 0. The summed E-state index contributed by atoms with van der Waals surface area (Å²) in [7, 11) is -3.26. The lowest BCUT2D eigenvalue weighted by Gasteiger charge is -2.29. The predicted molar refractivity (Wildman–Crippen MR) is 89.8 cm³/mol. The van der Waals surface area contributed by atoms with Crippen molar-refractivity contribution in [1.29, 1.82) is 0 Å². The minimum Gasteiger partial charge on any atom is -0.493 e. The van der Waals surface area contributed by atoms with Crippen molar-refractivity contribution in [3.05, 3.63) is 41.6 Å². The minimum absolute atomic E-state index is 0.181. The van der Waals surface area contributed by atoms with Crippen molar-refractivity contribution in [3.8, 4) is 5.75 Å². The average molecular weight is 367 g/mol. The molecule has 0 N–H and O–H groups in total. The van der Waals surface area contributed by atoms with Crippen LogP contribution in [0.25, 0.3) is 0 Å². The minimum atomic E-state index is -3.26. The Labute approximate surface area is 146 Å². The number of rotatable bonds is 6. The van der Waals surface area contributed by atoms with Crippen LogP contribution in [-0.4, -0.2) is 55.5 Å². The van der Waals surface area contributed by atoms with E-state index in [1.807, 2.05) is 31.2 Å². The summed E-state index contributed by atoms with van der Waals surface area (Å²) in [6.07, 6.45) is 1.10. The molecule has 1 aromatic heterocycles. The van der Waals surface area contributed by atoms with Crippen LogP contribution < -0.4 is 4.74 Å². The van der Waals surface area contributed by atoms with E-state index in [2.05, 4.69) is 10.2 Å². The number of aromatic nitrogens is 2. The Morgan fingerprint density at radius 2 is 2.20 bits per heavy atom. The molecule has 0 amide bonds. The van der Waals surface area contributed by atoms with Crippen molar-refractivity contribution in [2.45, 2.75) is 19.4 Å². The fraction of sp³-hybridized carbons (Fsp3) is 0.500. The molecule has 1 aromatic carbocycles. The Bertz CT molecular complexity index is 821. The van der Waals surface area contributed by atoms with Gasteiger partial charge >= 0.3 is 0 Å². The van der Waals surface area contributed by atoms with Gasteiger partial charge in [-0.1, -0.05) is 12.1 Å². The van der Waals surface area contributed by atoms with Gasteiger partial charge in [-0.25, -0.2) is 8.42 Å². The molecule has 0 unspecified atom stereocenters. The number of aryl methyl sites for hydroxylation is 1. The third-order valence-corrected chi connectivity index (χ3v) is 5.10. The Morgan fingerprint density at radius 1 is 1.36 bits per heavy atom. The van der Waals surface area contributed by atoms with Crippen molar-refractivity contribution in [2.75, 3.05) is 32.6 Å². The van der Waals surface area contributed by atoms with Gasteiger partial charge in [-0.05, 0) is 24.6 Å². The molecule has 0 aliphatic carbocycles. The summed E-state index contributed by atoms with van der Waals surface area (Å²) < 4.78 is 41.5. The first kappa shape index (κ1) is 17.8. The zero-order chi connectivity index (χ0) is 17.9. The van der Waals surface area contributed by atoms with Gasteiger partial charge in [-0.2, -0.15) is 4.31 Å². The second-order valence-corrected chi connectivity index (χ2v) is 7.91. The largest absolute Gasteiger partial charge is 0.493 e. The predicted octanol–water partition coefficient (Wildman–Crippen LogP) is 1.33. The molecule has 0 saturated carbocycles. The van der Waals surface area contributed by atoms with Crippen LogP contribution >= 0.6 is 0 Å². The monoisotopic (exact) mass is 367 g/mol. The number of hydrogen-bond donors (Lipinski definition) is 0. The molecule has 1 aliphatic heterocycles. The van der Waals surface area contributed by atoms with E-state index >= 15 is 0 Å². The van der Waals surface area contributed by atoms with Crippen molar-refractivity contribution in [1.82, 2.24) is 14.5 Å². The average Bonchev–Trinajstić information content (AvgIpc) is 3.03. The zero-order valence-electron chi connectivity index (χ0n) is 14.2. The number of hydrogen-bond acceptors (Lipinski definition) is 7. The van der Waals surface area contributed by atoms with Gasteiger partial charge in [0.15, 0.2) is 0 Å². The van der Waals surface area contributed by atoms with E-state index in [0.717, 1.165) is 11.3 Å². The van der Waals surface area contributed by atoms with Crippen molar-refractivity contribution < 1.29 is 22.3 Å². The second-order valence-electron chi connectivity index (χ2n) is 5.93. The van der Waals surface area contributed by atoms with Crippen LogP contribution in [0, 0.1) is 6.92 Å². The third-order valence-electron chi connectivity index (χ3n) is 3.83. The van der Waals surface area contributed by atoms with Gasteiger partial charge in [-0.15, -0.1) is 10.2 Å². The molecule has 1 saturated heterocycles. The van der Waals surface area contributed by atoms with Gasteiger partial charge in [0.2, 0.25) is 21.8 Å². The first-order valence-electron chi connectivity index (χ1n) is 8.00. The fourth-order valence-electron chi connectivity index (χ4n) is 2.54. The second kappa shape index (κ2) is 7.51. The fourth-order valence-corrected chi connectivity index (χ4v) is 3.35. The highest BCUT2D eigenvalue weighted by molar-refractivity contribution is 7.88. The van der Waals surface area contributed by atoms with Crippen molar-refractivity contribution >= 4 is 10.0 Å². The SMILES string of the molecule is Cc1cccc(OCCc2nnc([C@H]3CN(S(C)(=O)=O)CCO3)o2)c1. The van der Waals surface area contributed by atoms with Crippen molar-refractivity contribution in [3.63, 3.8) is 0 Å². The van der Waals surface area contributed by atoms with Gasteiger partial charge in [0.25, 0.3) is 0 Å². The number of ether oxygens (including phenoxy) is 2. The summed E-state index contributed by atoms with van der Waals surface area (Å²) in [4.78, 5) is 0. The maximum Gasteiger partial charge on any atom is 0.246 e. The summed E-state index contributed by atoms with van der Waals surface area (Å²) in [6.45, 7) is 3.22.